The fraction of sp³-hybridized carbons (Fsp3) is 0.611. The Bertz CT molecular complexity index is 527. The Balaban J connectivity index is 0.00000192. The third kappa shape index (κ3) is 4.18. The van der Waals surface area contributed by atoms with Crippen LogP contribution in [0.2, 0.25) is 0 Å². The van der Waals surface area contributed by atoms with E-state index < -0.39 is 0 Å². The summed E-state index contributed by atoms with van der Waals surface area (Å²) in [6.45, 7) is 1.72. The van der Waals surface area contributed by atoms with Crippen molar-refractivity contribution in [3.63, 3.8) is 0 Å². The lowest BCUT2D eigenvalue weighted by molar-refractivity contribution is 0.171. The summed E-state index contributed by atoms with van der Waals surface area (Å²) >= 11 is 0. The molecule has 2 aliphatic carbocycles. The fourth-order valence-electron chi connectivity index (χ4n) is 3.48. The van der Waals surface area contributed by atoms with Crippen molar-refractivity contribution in [1.29, 1.82) is 0 Å². The summed E-state index contributed by atoms with van der Waals surface area (Å²) in [5.41, 5.74) is 9.03. The summed E-state index contributed by atoms with van der Waals surface area (Å²) in [5, 5.41) is 3.30. The molecule has 0 atom stereocenters. The molecule has 1 aromatic rings. The lowest BCUT2D eigenvalue weighted by Gasteiger charge is -2.35. The highest BCUT2D eigenvalue weighted by molar-refractivity contribution is 14.0. The van der Waals surface area contributed by atoms with Gasteiger partial charge in [0.2, 0.25) is 0 Å². The molecule has 3 N–H and O–H groups in total. The van der Waals surface area contributed by atoms with E-state index in [0.29, 0.717) is 5.96 Å². The summed E-state index contributed by atoms with van der Waals surface area (Å²) in [6, 6.07) is 8.73. The first-order valence-electron chi connectivity index (χ1n) is 8.37. The van der Waals surface area contributed by atoms with E-state index in [0.717, 1.165) is 31.8 Å². The SMILES string of the molecule is CN(C)C1(CN=C(N)NCC2CCC2)Cc2ccccc2C1.I. The predicted molar refractivity (Wildman–Crippen MR) is 108 cm³/mol. The Hall–Kier alpha value is -0.820. The monoisotopic (exact) mass is 428 g/mol. The van der Waals surface area contributed by atoms with Gasteiger partial charge in [-0.1, -0.05) is 30.7 Å². The summed E-state index contributed by atoms with van der Waals surface area (Å²) in [4.78, 5) is 6.97. The fourth-order valence-corrected chi connectivity index (χ4v) is 3.48. The Morgan fingerprint density at radius 1 is 1.26 bits per heavy atom. The molecule has 0 unspecified atom stereocenters. The first-order chi connectivity index (χ1) is 10.6. The highest BCUT2D eigenvalue weighted by Gasteiger charge is 2.38. The Labute approximate surface area is 156 Å². The second-order valence-corrected chi connectivity index (χ2v) is 7.12. The van der Waals surface area contributed by atoms with Gasteiger partial charge in [0.15, 0.2) is 5.96 Å². The van der Waals surface area contributed by atoms with Crippen LogP contribution in [0, 0.1) is 5.92 Å². The van der Waals surface area contributed by atoms with Crippen molar-refractivity contribution in [2.45, 2.75) is 37.6 Å². The lowest BCUT2D eigenvalue weighted by Crippen LogP contribution is -2.49. The van der Waals surface area contributed by atoms with Gasteiger partial charge in [-0.25, -0.2) is 0 Å². The first-order valence-corrected chi connectivity index (χ1v) is 8.37. The van der Waals surface area contributed by atoms with Gasteiger partial charge >= 0.3 is 0 Å². The number of nitrogens with two attached hydrogens (primary N) is 1. The van der Waals surface area contributed by atoms with Crippen LogP contribution in [0.1, 0.15) is 30.4 Å². The second-order valence-electron chi connectivity index (χ2n) is 7.12. The van der Waals surface area contributed by atoms with Gasteiger partial charge in [0, 0.05) is 12.1 Å². The van der Waals surface area contributed by atoms with E-state index in [-0.39, 0.29) is 29.5 Å². The molecule has 1 saturated carbocycles. The van der Waals surface area contributed by atoms with E-state index >= 15 is 0 Å². The number of hydrogen-bond donors (Lipinski definition) is 2. The van der Waals surface area contributed by atoms with E-state index in [2.05, 4.69) is 53.6 Å². The molecular weight excluding hydrogens is 399 g/mol. The number of hydrogen-bond acceptors (Lipinski definition) is 2. The molecule has 4 nitrogen and oxygen atoms in total. The summed E-state index contributed by atoms with van der Waals surface area (Å²) in [5.74, 6) is 1.40. The van der Waals surface area contributed by atoms with Crippen molar-refractivity contribution in [3.8, 4) is 0 Å². The number of fused-ring (bicyclic) bond motifs is 1. The maximum absolute atomic E-state index is 6.06. The minimum Gasteiger partial charge on any atom is -0.370 e. The molecule has 0 aliphatic heterocycles. The molecule has 3 rings (SSSR count). The average Bonchev–Trinajstić information content (AvgIpc) is 2.83. The van der Waals surface area contributed by atoms with Crippen molar-refractivity contribution in [3.05, 3.63) is 35.4 Å². The van der Waals surface area contributed by atoms with Crippen molar-refractivity contribution in [1.82, 2.24) is 10.2 Å². The van der Waals surface area contributed by atoms with Crippen LogP contribution in [-0.4, -0.2) is 43.6 Å². The van der Waals surface area contributed by atoms with Gasteiger partial charge in [0.1, 0.15) is 0 Å². The highest BCUT2D eigenvalue weighted by atomic mass is 127. The summed E-state index contributed by atoms with van der Waals surface area (Å²) < 4.78 is 0. The highest BCUT2D eigenvalue weighted by Crippen LogP contribution is 2.33. The van der Waals surface area contributed by atoms with Crippen molar-refractivity contribution in [2.24, 2.45) is 16.6 Å². The quantitative estimate of drug-likeness (QED) is 0.430. The van der Waals surface area contributed by atoms with Crippen LogP contribution in [0.15, 0.2) is 29.3 Å². The Morgan fingerprint density at radius 3 is 2.35 bits per heavy atom. The van der Waals surface area contributed by atoms with Crippen LogP contribution in [0.4, 0.5) is 0 Å². The van der Waals surface area contributed by atoms with Crippen molar-refractivity contribution < 1.29 is 0 Å². The Kier molecular flexibility index (Phi) is 6.31. The molecule has 0 heterocycles. The maximum Gasteiger partial charge on any atom is 0.188 e. The number of benzene rings is 1. The van der Waals surface area contributed by atoms with E-state index in [9.17, 15) is 0 Å². The number of guanidine groups is 1. The molecule has 1 fully saturated rings. The van der Waals surface area contributed by atoms with Crippen LogP contribution in [0.25, 0.3) is 0 Å². The van der Waals surface area contributed by atoms with Gasteiger partial charge in [-0.05, 0) is 56.8 Å². The summed E-state index contributed by atoms with van der Waals surface area (Å²) in [7, 11) is 4.30. The number of rotatable bonds is 5. The van der Waals surface area contributed by atoms with Gasteiger partial charge < -0.3 is 16.0 Å². The number of halogens is 1. The molecule has 5 heteroatoms. The largest absolute Gasteiger partial charge is 0.370 e. The van der Waals surface area contributed by atoms with Crippen LogP contribution in [-0.2, 0) is 12.8 Å². The number of nitrogens with one attached hydrogen (secondary N) is 1. The molecule has 2 aliphatic rings. The molecule has 0 radical (unpaired) electrons. The van der Waals surface area contributed by atoms with Crippen LogP contribution >= 0.6 is 24.0 Å². The molecular formula is C18H29IN4. The zero-order chi connectivity index (χ0) is 15.6. The van der Waals surface area contributed by atoms with Crippen molar-refractivity contribution >= 4 is 29.9 Å². The molecule has 128 valence electrons. The lowest BCUT2D eigenvalue weighted by atomic mass is 9.85. The number of likely N-dealkylation sites (N-methyl/N-ethyl adjacent to an activating group) is 1. The third-order valence-corrected chi connectivity index (χ3v) is 5.45. The topological polar surface area (TPSA) is 53.6 Å². The predicted octanol–water partition coefficient (Wildman–Crippen LogP) is 2.41. The smallest absolute Gasteiger partial charge is 0.188 e. The average molecular weight is 428 g/mol. The summed E-state index contributed by atoms with van der Waals surface area (Å²) in [6.07, 6.45) is 6.13. The molecule has 23 heavy (non-hydrogen) atoms. The zero-order valence-corrected chi connectivity index (χ0v) is 16.5. The molecule has 1 aromatic carbocycles. The molecule has 0 aromatic heterocycles. The Morgan fingerprint density at radius 2 is 1.87 bits per heavy atom. The number of nitrogens with zero attached hydrogens (tertiary/aromatic N) is 2. The minimum atomic E-state index is 0. The van der Waals surface area contributed by atoms with E-state index in [1.165, 1.54) is 30.4 Å². The molecule has 0 amide bonds. The van der Waals surface area contributed by atoms with Gasteiger partial charge in [0.25, 0.3) is 0 Å². The second kappa shape index (κ2) is 7.83. The van der Waals surface area contributed by atoms with Crippen LogP contribution in [0.3, 0.4) is 0 Å². The van der Waals surface area contributed by atoms with Gasteiger partial charge in [-0.2, -0.15) is 0 Å². The normalized spacial score (nSPS) is 19.9. The zero-order valence-electron chi connectivity index (χ0n) is 14.2. The van der Waals surface area contributed by atoms with E-state index in [1.807, 2.05) is 0 Å². The maximum atomic E-state index is 6.06. The van der Waals surface area contributed by atoms with Gasteiger partial charge in [0.05, 0.1) is 6.54 Å². The van der Waals surface area contributed by atoms with E-state index in [1.54, 1.807) is 0 Å². The minimum absolute atomic E-state index is 0. The number of aliphatic imine (C=N–C) groups is 1. The van der Waals surface area contributed by atoms with E-state index in [4.69, 9.17) is 5.73 Å². The van der Waals surface area contributed by atoms with Crippen LogP contribution < -0.4 is 11.1 Å². The van der Waals surface area contributed by atoms with Crippen LogP contribution in [0.5, 0.6) is 0 Å². The van der Waals surface area contributed by atoms with Gasteiger partial charge in [-0.3, -0.25) is 4.99 Å². The molecule has 0 saturated heterocycles. The first kappa shape index (κ1) is 18.5. The standard InChI is InChI=1S/C18H28N4.HI/c1-22(2)18(10-15-8-3-4-9-16(15)11-18)13-21-17(19)20-12-14-6-5-7-14;/h3-4,8-9,14H,5-7,10-13H2,1-2H3,(H3,19,20,21);1H. The molecule has 0 spiro atoms. The molecule has 0 bridgehead atoms. The van der Waals surface area contributed by atoms with Crippen molar-refractivity contribution in [2.75, 3.05) is 27.2 Å². The third-order valence-electron chi connectivity index (χ3n) is 5.45. The van der Waals surface area contributed by atoms with Gasteiger partial charge in [-0.15, -0.1) is 24.0 Å².